The van der Waals surface area contributed by atoms with E-state index in [0.717, 1.165) is 6.42 Å². The molecule has 2 N–H and O–H groups in total. The van der Waals surface area contributed by atoms with Crippen LogP contribution in [0.2, 0.25) is 0 Å². The first-order chi connectivity index (χ1) is 8.19. The van der Waals surface area contributed by atoms with Crippen molar-refractivity contribution in [2.24, 2.45) is 11.3 Å². The van der Waals surface area contributed by atoms with E-state index in [-0.39, 0.29) is 16.9 Å². The Hall–Kier alpha value is -1.58. The molecule has 0 aliphatic heterocycles. The van der Waals surface area contributed by atoms with Crippen LogP contribution in [-0.4, -0.2) is 21.8 Å². The van der Waals surface area contributed by atoms with Gasteiger partial charge in [-0.2, -0.15) is 0 Å². The fourth-order valence-electron chi connectivity index (χ4n) is 2.23. The van der Waals surface area contributed by atoms with Crippen LogP contribution in [0.1, 0.15) is 61.4 Å². The number of aromatic amines is 1. The zero-order valence-corrected chi connectivity index (χ0v) is 11.4. The van der Waals surface area contributed by atoms with Gasteiger partial charge in [0.1, 0.15) is 5.69 Å². The van der Waals surface area contributed by atoms with E-state index in [0.29, 0.717) is 17.9 Å². The van der Waals surface area contributed by atoms with E-state index in [1.54, 1.807) is 0 Å². The van der Waals surface area contributed by atoms with Gasteiger partial charge in [-0.1, -0.05) is 27.7 Å². The van der Waals surface area contributed by atoms with Crippen molar-refractivity contribution in [1.29, 1.82) is 0 Å². The molecule has 0 amide bonds. The summed E-state index contributed by atoms with van der Waals surface area (Å²) in [7, 11) is 0. The van der Waals surface area contributed by atoms with E-state index < -0.39 is 5.97 Å². The normalized spacial score (nSPS) is 13.3. The van der Waals surface area contributed by atoms with E-state index in [4.69, 9.17) is 5.11 Å². The second-order valence-electron chi connectivity index (χ2n) is 6.10. The minimum Gasteiger partial charge on any atom is -0.477 e. The third-order valence-electron chi connectivity index (χ3n) is 2.73. The van der Waals surface area contributed by atoms with Gasteiger partial charge in [0.15, 0.2) is 5.78 Å². The Morgan fingerprint density at radius 2 is 2.00 bits per heavy atom. The van der Waals surface area contributed by atoms with E-state index in [1.807, 2.05) is 6.92 Å². The lowest BCUT2D eigenvalue weighted by atomic mass is 9.83. The summed E-state index contributed by atoms with van der Waals surface area (Å²) in [5.41, 5.74) is 0.708. The second kappa shape index (κ2) is 5.38. The smallest absolute Gasteiger partial charge is 0.352 e. The van der Waals surface area contributed by atoms with Crippen LogP contribution >= 0.6 is 0 Å². The minimum absolute atomic E-state index is 0.00417. The third kappa shape index (κ3) is 4.35. The van der Waals surface area contributed by atoms with Crippen molar-refractivity contribution in [3.8, 4) is 0 Å². The molecule has 0 aliphatic rings. The predicted molar refractivity (Wildman–Crippen MR) is 69.9 cm³/mol. The highest BCUT2D eigenvalue weighted by Gasteiger charge is 2.19. The maximum absolute atomic E-state index is 12.0. The average Bonchev–Trinajstić information content (AvgIpc) is 2.62. The molecular formula is C14H21NO3. The molecule has 100 valence electrons. The van der Waals surface area contributed by atoms with Crippen LogP contribution in [0, 0.1) is 11.3 Å². The Balaban J connectivity index is 2.62. The van der Waals surface area contributed by atoms with Gasteiger partial charge in [-0.15, -0.1) is 0 Å². The van der Waals surface area contributed by atoms with E-state index in [2.05, 4.69) is 25.8 Å². The first-order valence-electron chi connectivity index (χ1n) is 6.14. The van der Waals surface area contributed by atoms with Gasteiger partial charge in [0.2, 0.25) is 0 Å². The molecule has 0 saturated carbocycles. The lowest BCUT2D eigenvalue weighted by molar-refractivity contribution is 0.0691. The van der Waals surface area contributed by atoms with Crippen LogP contribution in [0.3, 0.4) is 0 Å². The molecule has 4 heteroatoms. The van der Waals surface area contributed by atoms with Gasteiger partial charge in [-0.3, -0.25) is 4.79 Å². The van der Waals surface area contributed by atoms with E-state index in [1.165, 1.54) is 12.3 Å². The van der Waals surface area contributed by atoms with Crippen LogP contribution < -0.4 is 0 Å². The van der Waals surface area contributed by atoms with Gasteiger partial charge in [-0.25, -0.2) is 4.79 Å². The fourth-order valence-corrected chi connectivity index (χ4v) is 2.23. The highest BCUT2D eigenvalue weighted by molar-refractivity contribution is 5.98. The molecule has 18 heavy (non-hydrogen) atoms. The van der Waals surface area contributed by atoms with Gasteiger partial charge < -0.3 is 10.1 Å². The number of rotatable bonds is 5. The zero-order chi connectivity index (χ0) is 13.9. The van der Waals surface area contributed by atoms with Crippen LogP contribution in [0.25, 0.3) is 0 Å². The summed E-state index contributed by atoms with van der Waals surface area (Å²) in [6.45, 7) is 8.49. The third-order valence-corrected chi connectivity index (χ3v) is 2.73. The lowest BCUT2D eigenvalue weighted by Gasteiger charge is -2.22. The largest absolute Gasteiger partial charge is 0.477 e. The summed E-state index contributed by atoms with van der Waals surface area (Å²) in [6, 6.07) is 1.40. The summed E-state index contributed by atoms with van der Waals surface area (Å²) in [4.78, 5) is 25.3. The van der Waals surface area contributed by atoms with E-state index >= 15 is 0 Å². The van der Waals surface area contributed by atoms with Crippen LogP contribution in [0.15, 0.2) is 12.3 Å². The summed E-state index contributed by atoms with van der Waals surface area (Å²) >= 11 is 0. The Labute approximate surface area is 107 Å². The number of carboxylic acid groups (broad SMARTS) is 1. The fraction of sp³-hybridized carbons (Fsp3) is 0.571. The number of hydrogen-bond acceptors (Lipinski definition) is 2. The lowest BCUT2D eigenvalue weighted by Crippen LogP contribution is -2.14. The number of carbonyl (C=O) groups excluding carboxylic acids is 1. The molecule has 0 radical (unpaired) electrons. The highest BCUT2D eigenvalue weighted by atomic mass is 16.4. The maximum atomic E-state index is 12.0. The molecule has 1 atom stereocenters. The number of aromatic nitrogens is 1. The molecule has 0 aliphatic carbocycles. The highest BCUT2D eigenvalue weighted by Crippen LogP contribution is 2.26. The maximum Gasteiger partial charge on any atom is 0.352 e. The van der Waals surface area contributed by atoms with Crippen molar-refractivity contribution in [2.75, 3.05) is 0 Å². The molecular weight excluding hydrogens is 230 g/mol. The Morgan fingerprint density at radius 1 is 1.39 bits per heavy atom. The topological polar surface area (TPSA) is 70.2 Å². The van der Waals surface area contributed by atoms with Crippen LogP contribution in [-0.2, 0) is 0 Å². The summed E-state index contributed by atoms with van der Waals surface area (Å²) in [5, 5.41) is 8.77. The molecule has 1 aromatic heterocycles. The molecule has 1 unspecified atom stereocenters. The molecule has 0 fully saturated rings. The quantitative estimate of drug-likeness (QED) is 0.788. The first-order valence-corrected chi connectivity index (χ1v) is 6.14. The summed E-state index contributed by atoms with van der Waals surface area (Å²) in [6.07, 6.45) is 2.89. The molecule has 0 spiro atoms. The molecule has 0 saturated heterocycles. The van der Waals surface area contributed by atoms with Crippen molar-refractivity contribution in [1.82, 2.24) is 4.98 Å². The monoisotopic (exact) mass is 251 g/mol. The molecule has 0 bridgehead atoms. The zero-order valence-electron chi connectivity index (χ0n) is 11.4. The Morgan fingerprint density at radius 3 is 2.44 bits per heavy atom. The number of hydrogen-bond donors (Lipinski definition) is 2. The number of nitrogens with one attached hydrogen (secondary N) is 1. The van der Waals surface area contributed by atoms with Gasteiger partial charge in [0.25, 0.3) is 0 Å². The van der Waals surface area contributed by atoms with Gasteiger partial charge in [0.05, 0.1) is 0 Å². The first kappa shape index (κ1) is 14.5. The van der Waals surface area contributed by atoms with Crippen molar-refractivity contribution in [3.05, 3.63) is 23.5 Å². The van der Waals surface area contributed by atoms with Gasteiger partial charge >= 0.3 is 5.97 Å². The molecule has 1 heterocycles. The van der Waals surface area contributed by atoms with Gasteiger partial charge in [-0.05, 0) is 23.8 Å². The van der Waals surface area contributed by atoms with Crippen LogP contribution in [0.4, 0.5) is 0 Å². The van der Waals surface area contributed by atoms with Crippen molar-refractivity contribution in [2.45, 2.75) is 40.5 Å². The molecule has 4 nitrogen and oxygen atoms in total. The predicted octanol–water partition coefficient (Wildman–Crippen LogP) is 3.36. The average molecular weight is 251 g/mol. The van der Waals surface area contributed by atoms with Crippen molar-refractivity contribution < 1.29 is 14.7 Å². The Kier molecular flexibility index (Phi) is 4.33. The number of H-pyrrole nitrogens is 1. The Bertz CT molecular complexity index is 440. The molecule has 0 aromatic carbocycles. The number of carbonyl (C=O) groups is 2. The SMILES string of the molecule is CC(CC(=O)c1c[nH]c(C(=O)O)c1)CC(C)(C)C. The van der Waals surface area contributed by atoms with Gasteiger partial charge in [0, 0.05) is 18.2 Å². The molecule has 1 rings (SSSR count). The molecule has 1 aromatic rings. The standard InChI is InChI=1S/C14H21NO3/c1-9(7-14(2,3)4)5-12(16)10-6-11(13(17)18)15-8-10/h6,8-9,15H,5,7H2,1-4H3,(H,17,18). The number of Topliss-reactive ketones (excluding diaryl/α,β-unsaturated/α-hetero) is 1. The summed E-state index contributed by atoms with van der Waals surface area (Å²) in [5.74, 6) is -0.757. The van der Waals surface area contributed by atoms with Crippen LogP contribution in [0.5, 0.6) is 0 Å². The van der Waals surface area contributed by atoms with E-state index in [9.17, 15) is 9.59 Å². The van der Waals surface area contributed by atoms with Crippen molar-refractivity contribution in [3.63, 3.8) is 0 Å². The summed E-state index contributed by atoms with van der Waals surface area (Å²) < 4.78 is 0. The second-order valence-corrected chi connectivity index (χ2v) is 6.10. The van der Waals surface area contributed by atoms with Crippen molar-refractivity contribution >= 4 is 11.8 Å². The number of ketones is 1. The number of aromatic carboxylic acids is 1. The minimum atomic E-state index is -1.04. The number of carboxylic acids is 1.